The van der Waals surface area contributed by atoms with Crippen LogP contribution in [0.3, 0.4) is 0 Å². The molecule has 3 aromatic rings. The second-order valence-electron chi connectivity index (χ2n) is 6.69. The molecule has 1 atom stereocenters. The molecule has 0 fully saturated rings. The summed E-state index contributed by atoms with van der Waals surface area (Å²) in [5.41, 5.74) is 6.94. The molecule has 1 unspecified atom stereocenters. The monoisotopic (exact) mass is 406 g/mol. The van der Waals surface area contributed by atoms with Gasteiger partial charge in [0.25, 0.3) is 5.91 Å². The van der Waals surface area contributed by atoms with Crippen LogP contribution in [-0.2, 0) is 20.7 Å². The molecule has 154 valence electrons. The first-order valence-electron chi connectivity index (χ1n) is 9.46. The first-order valence-corrected chi connectivity index (χ1v) is 9.46. The van der Waals surface area contributed by atoms with E-state index in [-0.39, 0.29) is 6.42 Å². The number of hydrogen-bond acceptors (Lipinski definition) is 5. The lowest BCUT2D eigenvalue weighted by molar-refractivity contribution is -0.153. The van der Waals surface area contributed by atoms with Gasteiger partial charge in [0.05, 0.1) is 6.42 Å². The summed E-state index contributed by atoms with van der Waals surface area (Å²) in [6.45, 7) is 1.49. The molecule has 3 N–H and O–H groups in total. The van der Waals surface area contributed by atoms with Gasteiger partial charge in [-0.15, -0.1) is 0 Å². The molecular weight excluding hydrogens is 384 g/mol. The minimum Gasteiger partial charge on any atom is -0.461 e. The number of esters is 1. The van der Waals surface area contributed by atoms with E-state index < -0.39 is 23.9 Å². The van der Waals surface area contributed by atoms with Crippen LogP contribution < -0.4 is 11.1 Å². The largest absolute Gasteiger partial charge is 0.461 e. The third-order valence-corrected chi connectivity index (χ3v) is 4.41. The van der Waals surface area contributed by atoms with Crippen LogP contribution in [0.15, 0.2) is 71.1 Å². The first kappa shape index (κ1) is 20.9. The average molecular weight is 406 g/mol. The molecule has 3 rings (SSSR count). The van der Waals surface area contributed by atoms with E-state index in [0.29, 0.717) is 23.4 Å². The number of ether oxygens (including phenoxy) is 1. The quantitative estimate of drug-likeness (QED) is 0.556. The maximum atomic E-state index is 12.2. The second-order valence-corrected chi connectivity index (χ2v) is 6.69. The van der Waals surface area contributed by atoms with Crippen molar-refractivity contribution in [3.8, 4) is 11.3 Å². The van der Waals surface area contributed by atoms with Crippen molar-refractivity contribution in [1.82, 2.24) is 0 Å². The number of furan rings is 1. The Hall–Kier alpha value is -3.87. The third-order valence-electron chi connectivity index (χ3n) is 4.41. The number of amides is 2. The Morgan fingerprint density at radius 2 is 1.70 bits per heavy atom. The summed E-state index contributed by atoms with van der Waals surface area (Å²) < 4.78 is 11.0. The van der Waals surface area contributed by atoms with Crippen LogP contribution in [0.5, 0.6) is 0 Å². The summed E-state index contributed by atoms with van der Waals surface area (Å²) in [6.07, 6.45) is -0.508. The highest BCUT2D eigenvalue weighted by Gasteiger charge is 2.18. The van der Waals surface area contributed by atoms with E-state index in [1.54, 1.807) is 12.1 Å². The van der Waals surface area contributed by atoms with Gasteiger partial charge in [0.15, 0.2) is 6.10 Å². The van der Waals surface area contributed by atoms with Crippen molar-refractivity contribution in [3.63, 3.8) is 0 Å². The fourth-order valence-corrected chi connectivity index (χ4v) is 2.77. The van der Waals surface area contributed by atoms with Crippen molar-refractivity contribution in [1.29, 1.82) is 0 Å². The molecule has 7 nitrogen and oxygen atoms in total. The van der Waals surface area contributed by atoms with Gasteiger partial charge in [0.1, 0.15) is 11.5 Å². The van der Waals surface area contributed by atoms with Gasteiger partial charge in [-0.1, -0.05) is 30.3 Å². The van der Waals surface area contributed by atoms with Crippen molar-refractivity contribution >= 4 is 23.5 Å². The summed E-state index contributed by atoms with van der Waals surface area (Å²) >= 11 is 0. The topological polar surface area (TPSA) is 112 Å². The molecule has 0 saturated carbocycles. The van der Waals surface area contributed by atoms with Crippen LogP contribution >= 0.6 is 0 Å². The van der Waals surface area contributed by atoms with Crippen LogP contribution in [0, 0.1) is 0 Å². The van der Waals surface area contributed by atoms with Crippen molar-refractivity contribution in [2.45, 2.75) is 25.9 Å². The summed E-state index contributed by atoms with van der Waals surface area (Å²) in [6, 6.07) is 19.4. The number of nitrogens with one attached hydrogen (secondary N) is 1. The molecule has 0 aliphatic heterocycles. The molecule has 1 aromatic heterocycles. The molecule has 0 spiro atoms. The lowest BCUT2D eigenvalue weighted by Crippen LogP contribution is -2.30. The van der Waals surface area contributed by atoms with Crippen LogP contribution in [0.25, 0.3) is 11.3 Å². The minimum atomic E-state index is -0.968. The Balaban J connectivity index is 1.46. The van der Waals surface area contributed by atoms with Gasteiger partial charge in [0, 0.05) is 23.2 Å². The van der Waals surface area contributed by atoms with Crippen molar-refractivity contribution in [3.05, 3.63) is 78.1 Å². The van der Waals surface area contributed by atoms with E-state index in [1.807, 2.05) is 42.5 Å². The zero-order valence-corrected chi connectivity index (χ0v) is 16.5. The Bertz CT molecular complexity index is 1030. The SMILES string of the molecule is CC(OC(=O)CCc1ccc(-c2ccccc2)o1)C(=O)Nc1ccc(C(N)=O)cc1. The van der Waals surface area contributed by atoms with Gasteiger partial charge in [-0.3, -0.25) is 14.4 Å². The fourth-order valence-electron chi connectivity index (χ4n) is 2.77. The standard InChI is InChI=1S/C23H22N2O5/c1-15(23(28)25-18-9-7-17(8-10-18)22(24)27)29-21(26)14-12-19-11-13-20(30-19)16-5-3-2-4-6-16/h2-11,13,15H,12,14H2,1H3,(H2,24,27)(H,25,28). The predicted octanol–water partition coefficient (Wildman–Crippen LogP) is 3.55. The normalized spacial score (nSPS) is 11.5. The van der Waals surface area contributed by atoms with E-state index >= 15 is 0 Å². The minimum absolute atomic E-state index is 0.0900. The summed E-state index contributed by atoms with van der Waals surface area (Å²) in [4.78, 5) is 35.4. The van der Waals surface area contributed by atoms with E-state index in [1.165, 1.54) is 19.1 Å². The molecule has 0 aliphatic carbocycles. The van der Waals surface area contributed by atoms with Crippen LogP contribution in [0.4, 0.5) is 5.69 Å². The number of hydrogen-bond donors (Lipinski definition) is 2. The number of aryl methyl sites for hydroxylation is 1. The fraction of sp³-hybridized carbons (Fsp3) is 0.174. The zero-order chi connectivity index (χ0) is 21.5. The van der Waals surface area contributed by atoms with Gasteiger partial charge in [-0.05, 0) is 43.3 Å². The molecule has 0 aliphatic rings. The maximum absolute atomic E-state index is 12.2. The molecule has 2 amide bonds. The molecular formula is C23H22N2O5. The maximum Gasteiger partial charge on any atom is 0.307 e. The smallest absolute Gasteiger partial charge is 0.307 e. The van der Waals surface area contributed by atoms with E-state index in [0.717, 1.165) is 11.3 Å². The summed E-state index contributed by atoms with van der Waals surface area (Å²) in [5, 5.41) is 2.62. The highest BCUT2D eigenvalue weighted by Crippen LogP contribution is 2.22. The molecule has 0 saturated heterocycles. The summed E-state index contributed by atoms with van der Waals surface area (Å²) in [5.74, 6) is -0.131. The van der Waals surface area contributed by atoms with Gasteiger partial charge in [-0.25, -0.2) is 0 Å². The predicted molar refractivity (Wildman–Crippen MR) is 112 cm³/mol. The lowest BCUT2D eigenvalue weighted by atomic mass is 10.2. The molecule has 2 aromatic carbocycles. The van der Waals surface area contributed by atoms with Crippen molar-refractivity contribution in [2.75, 3.05) is 5.32 Å². The Morgan fingerprint density at radius 3 is 2.37 bits per heavy atom. The average Bonchev–Trinajstić information content (AvgIpc) is 3.22. The van der Waals surface area contributed by atoms with Crippen LogP contribution in [0.1, 0.15) is 29.5 Å². The molecule has 7 heteroatoms. The number of carbonyl (C=O) groups excluding carboxylic acids is 3. The molecule has 0 radical (unpaired) electrons. The van der Waals surface area contributed by atoms with Crippen molar-refractivity contribution in [2.24, 2.45) is 5.73 Å². The van der Waals surface area contributed by atoms with Gasteiger partial charge in [0.2, 0.25) is 5.91 Å². The summed E-state index contributed by atoms with van der Waals surface area (Å²) in [7, 11) is 0. The number of rotatable bonds is 8. The number of benzene rings is 2. The van der Waals surface area contributed by atoms with Crippen molar-refractivity contribution < 1.29 is 23.5 Å². The Labute approximate surface area is 173 Å². The lowest BCUT2D eigenvalue weighted by Gasteiger charge is -2.13. The molecule has 30 heavy (non-hydrogen) atoms. The number of carbonyl (C=O) groups is 3. The second kappa shape index (κ2) is 9.56. The highest BCUT2D eigenvalue weighted by molar-refractivity contribution is 5.96. The number of anilines is 1. The van der Waals surface area contributed by atoms with Gasteiger partial charge >= 0.3 is 5.97 Å². The van der Waals surface area contributed by atoms with Crippen LogP contribution in [0.2, 0.25) is 0 Å². The molecule has 1 heterocycles. The van der Waals surface area contributed by atoms with Crippen LogP contribution in [-0.4, -0.2) is 23.9 Å². The molecule has 0 bridgehead atoms. The zero-order valence-electron chi connectivity index (χ0n) is 16.5. The van der Waals surface area contributed by atoms with E-state index in [4.69, 9.17) is 14.9 Å². The highest BCUT2D eigenvalue weighted by atomic mass is 16.5. The van der Waals surface area contributed by atoms with Gasteiger partial charge in [-0.2, -0.15) is 0 Å². The van der Waals surface area contributed by atoms with Gasteiger partial charge < -0.3 is 20.2 Å². The Kier molecular flexibility index (Phi) is 6.64. The first-order chi connectivity index (χ1) is 14.4. The third kappa shape index (κ3) is 5.57. The number of nitrogens with two attached hydrogens (primary N) is 1. The number of primary amides is 1. The van der Waals surface area contributed by atoms with E-state index in [9.17, 15) is 14.4 Å². The Morgan fingerprint density at radius 1 is 1.00 bits per heavy atom. The van der Waals surface area contributed by atoms with E-state index in [2.05, 4.69) is 5.32 Å².